The Hall–Kier alpha value is -0.0400. The molecule has 2 atom stereocenters. The van der Waals surface area contributed by atoms with Gasteiger partial charge in [0.05, 0.1) is 0 Å². The highest BCUT2D eigenvalue weighted by molar-refractivity contribution is 4.80. The summed E-state index contributed by atoms with van der Waals surface area (Å²) in [4.78, 5) is 0. The lowest BCUT2D eigenvalue weighted by atomic mass is 10.0. The Balaban J connectivity index is 1.84. The minimum Gasteiger partial charge on any atom is -0.312 e. The van der Waals surface area contributed by atoms with E-state index in [-0.39, 0.29) is 0 Å². The van der Waals surface area contributed by atoms with E-state index in [4.69, 9.17) is 0 Å². The largest absolute Gasteiger partial charge is 0.312 e. The molecule has 0 spiro atoms. The van der Waals surface area contributed by atoms with E-state index in [9.17, 15) is 0 Å². The van der Waals surface area contributed by atoms with Gasteiger partial charge in [0.2, 0.25) is 0 Å². The fraction of sp³-hybridized carbons (Fsp3) is 1.00. The van der Waals surface area contributed by atoms with Crippen molar-refractivity contribution in [1.82, 2.24) is 5.32 Å². The molecule has 1 aliphatic rings. The molecule has 0 aromatic rings. The quantitative estimate of drug-likeness (QED) is 0.611. The van der Waals surface area contributed by atoms with Crippen molar-refractivity contribution in [3.63, 3.8) is 0 Å². The molecule has 1 rings (SSSR count). The van der Waals surface area contributed by atoms with E-state index in [2.05, 4.69) is 19.2 Å². The van der Waals surface area contributed by atoms with Crippen LogP contribution in [0, 0.1) is 0 Å². The van der Waals surface area contributed by atoms with Crippen LogP contribution in [-0.2, 0) is 0 Å². The van der Waals surface area contributed by atoms with Crippen LogP contribution >= 0.6 is 0 Å². The van der Waals surface area contributed by atoms with Crippen molar-refractivity contribution in [3.8, 4) is 0 Å². The summed E-state index contributed by atoms with van der Waals surface area (Å²) in [5.74, 6) is 0. The van der Waals surface area contributed by atoms with Crippen LogP contribution in [0.3, 0.4) is 0 Å². The second kappa shape index (κ2) is 7.28. The molecule has 0 radical (unpaired) electrons. The molecular formula is C13H27N. The summed E-state index contributed by atoms with van der Waals surface area (Å²) in [6.07, 6.45) is 12.8. The fourth-order valence-corrected chi connectivity index (χ4v) is 2.42. The monoisotopic (exact) mass is 197 g/mol. The maximum absolute atomic E-state index is 3.66. The molecule has 0 aromatic heterocycles. The van der Waals surface area contributed by atoms with E-state index in [0.717, 1.165) is 12.1 Å². The average molecular weight is 197 g/mol. The Labute approximate surface area is 89.7 Å². The Morgan fingerprint density at radius 1 is 1.00 bits per heavy atom. The molecule has 0 saturated carbocycles. The first-order valence-electron chi connectivity index (χ1n) is 6.59. The molecule has 0 aliphatic carbocycles. The first-order chi connectivity index (χ1) is 6.83. The van der Waals surface area contributed by atoms with E-state index in [1.165, 1.54) is 57.8 Å². The van der Waals surface area contributed by atoms with Crippen LogP contribution in [0.15, 0.2) is 0 Å². The summed E-state index contributed by atoms with van der Waals surface area (Å²) < 4.78 is 0. The molecule has 84 valence electrons. The normalized spacial score (nSPS) is 27.0. The van der Waals surface area contributed by atoms with E-state index in [1.807, 2.05) is 0 Å². The van der Waals surface area contributed by atoms with Gasteiger partial charge in [-0.2, -0.15) is 0 Å². The Morgan fingerprint density at radius 3 is 2.36 bits per heavy atom. The highest BCUT2D eigenvalue weighted by atomic mass is 15.0. The molecule has 1 N–H and O–H groups in total. The fourth-order valence-electron chi connectivity index (χ4n) is 2.42. The molecular weight excluding hydrogens is 170 g/mol. The van der Waals surface area contributed by atoms with Crippen LogP contribution in [0.5, 0.6) is 0 Å². The molecule has 0 aromatic carbocycles. The summed E-state index contributed by atoms with van der Waals surface area (Å²) in [6, 6.07) is 1.62. The maximum atomic E-state index is 3.66. The molecule has 14 heavy (non-hydrogen) atoms. The maximum Gasteiger partial charge on any atom is 0.00701 e. The Morgan fingerprint density at radius 2 is 1.71 bits per heavy atom. The van der Waals surface area contributed by atoms with Crippen molar-refractivity contribution in [2.75, 3.05) is 0 Å². The van der Waals surface area contributed by atoms with Gasteiger partial charge in [0.25, 0.3) is 0 Å². The van der Waals surface area contributed by atoms with Gasteiger partial charge in [-0.3, -0.25) is 0 Å². The van der Waals surface area contributed by atoms with Crippen LogP contribution < -0.4 is 5.32 Å². The Bertz CT molecular complexity index is 133. The van der Waals surface area contributed by atoms with E-state index in [1.54, 1.807) is 0 Å². The van der Waals surface area contributed by atoms with Crippen molar-refractivity contribution in [2.24, 2.45) is 0 Å². The van der Waals surface area contributed by atoms with Crippen molar-refractivity contribution in [1.29, 1.82) is 0 Å². The van der Waals surface area contributed by atoms with Crippen molar-refractivity contribution in [2.45, 2.75) is 83.7 Å². The number of nitrogens with one attached hydrogen (secondary N) is 1. The highest BCUT2D eigenvalue weighted by Crippen LogP contribution is 2.17. The number of hydrogen-bond donors (Lipinski definition) is 1. The minimum absolute atomic E-state index is 0.778. The molecule has 0 bridgehead atoms. The van der Waals surface area contributed by atoms with Crippen LogP contribution in [-0.4, -0.2) is 12.1 Å². The third kappa shape index (κ3) is 4.99. The first-order valence-corrected chi connectivity index (χ1v) is 6.59. The molecule has 1 heteroatoms. The van der Waals surface area contributed by atoms with E-state index >= 15 is 0 Å². The zero-order chi connectivity index (χ0) is 10.2. The predicted octanol–water partition coefficient (Wildman–Crippen LogP) is 3.88. The molecule has 0 amide bonds. The van der Waals surface area contributed by atoms with Gasteiger partial charge in [-0.1, -0.05) is 45.4 Å². The van der Waals surface area contributed by atoms with Crippen molar-refractivity contribution < 1.29 is 0 Å². The molecule has 1 heterocycles. The summed E-state index contributed by atoms with van der Waals surface area (Å²) in [5.41, 5.74) is 0. The van der Waals surface area contributed by atoms with Gasteiger partial charge >= 0.3 is 0 Å². The lowest BCUT2D eigenvalue weighted by molar-refractivity contribution is 0.488. The predicted molar refractivity (Wildman–Crippen MR) is 63.6 cm³/mol. The van der Waals surface area contributed by atoms with Gasteiger partial charge in [-0.05, 0) is 26.2 Å². The number of hydrogen-bond acceptors (Lipinski definition) is 1. The Kier molecular flexibility index (Phi) is 6.25. The second-order valence-corrected chi connectivity index (χ2v) is 4.90. The van der Waals surface area contributed by atoms with Crippen LogP contribution in [0.1, 0.15) is 71.6 Å². The highest BCUT2D eigenvalue weighted by Gasteiger charge is 2.18. The summed E-state index contributed by atoms with van der Waals surface area (Å²) in [7, 11) is 0. The molecule has 1 fully saturated rings. The summed E-state index contributed by atoms with van der Waals surface area (Å²) >= 11 is 0. The topological polar surface area (TPSA) is 12.0 Å². The average Bonchev–Trinajstić information content (AvgIpc) is 2.58. The number of rotatable bonds is 7. The van der Waals surface area contributed by atoms with Gasteiger partial charge in [-0.15, -0.1) is 0 Å². The van der Waals surface area contributed by atoms with Crippen LogP contribution in [0.2, 0.25) is 0 Å². The van der Waals surface area contributed by atoms with Gasteiger partial charge in [0.15, 0.2) is 0 Å². The standard InChI is InChI=1S/C13H27N/c1-3-4-5-6-7-8-9-13-11-10-12(2)14-13/h12-14H,3-11H2,1-2H3/t12-,13-/m1/s1. The summed E-state index contributed by atoms with van der Waals surface area (Å²) in [5, 5.41) is 3.66. The minimum atomic E-state index is 0.778. The van der Waals surface area contributed by atoms with Gasteiger partial charge < -0.3 is 5.32 Å². The van der Waals surface area contributed by atoms with Crippen molar-refractivity contribution >= 4 is 0 Å². The zero-order valence-electron chi connectivity index (χ0n) is 10.0. The molecule has 1 aliphatic heterocycles. The lowest BCUT2D eigenvalue weighted by Gasteiger charge is -2.10. The SMILES string of the molecule is CCCCCCCC[C@@H]1CC[C@@H](C)N1. The lowest BCUT2D eigenvalue weighted by Crippen LogP contribution is -2.26. The molecule has 1 saturated heterocycles. The number of unbranched alkanes of at least 4 members (excludes halogenated alkanes) is 5. The van der Waals surface area contributed by atoms with Crippen molar-refractivity contribution in [3.05, 3.63) is 0 Å². The van der Waals surface area contributed by atoms with Crippen LogP contribution in [0.4, 0.5) is 0 Å². The third-order valence-electron chi connectivity index (χ3n) is 3.37. The van der Waals surface area contributed by atoms with E-state index in [0.29, 0.717) is 0 Å². The van der Waals surface area contributed by atoms with Gasteiger partial charge in [-0.25, -0.2) is 0 Å². The van der Waals surface area contributed by atoms with E-state index < -0.39 is 0 Å². The summed E-state index contributed by atoms with van der Waals surface area (Å²) in [6.45, 7) is 4.59. The molecule has 1 nitrogen and oxygen atoms in total. The zero-order valence-corrected chi connectivity index (χ0v) is 10.0. The molecule has 0 unspecified atom stereocenters. The second-order valence-electron chi connectivity index (χ2n) is 4.90. The van der Waals surface area contributed by atoms with Gasteiger partial charge in [0, 0.05) is 12.1 Å². The van der Waals surface area contributed by atoms with Gasteiger partial charge in [0.1, 0.15) is 0 Å². The third-order valence-corrected chi connectivity index (χ3v) is 3.37. The first kappa shape index (κ1) is 12.0. The van der Waals surface area contributed by atoms with Crippen LogP contribution in [0.25, 0.3) is 0 Å². The smallest absolute Gasteiger partial charge is 0.00701 e.